The van der Waals surface area contributed by atoms with Gasteiger partial charge in [0.05, 0.1) is 25.0 Å². The molecule has 0 saturated carbocycles. The zero-order valence-corrected chi connectivity index (χ0v) is 17.2. The molecule has 2 amide bonds. The van der Waals surface area contributed by atoms with Crippen molar-refractivity contribution in [1.29, 1.82) is 0 Å². The van der Waals surface area contributed by atoms with Gasteiger partial charge in [0.2, 0.25) is 0 Å². The first kappa shape index (κ1) is 26.4. The summed E-state index contributed by atoms with van der Waals surface area (Å²) in [6.45, 7) is -0.997. The topological polar surface area (TPSA) is 138 Å². The molecule has 29 heavy (non-hydrogen) atoms. The van der Waals surface area contributed by atoms with Crippen LogP contribution in [-0.4, -0.2) is 36.8 Å². The molecule has 2 N–H and O–H groups in total. The number of carbonyl (C=O) groups is 4. The van der Waals surface area contributed by atoms with E-state index in [1.165, 1.54) is 24.3 Å². The van der Waals surface area contributed by atoms with Crippen LogP contribution in [0.5, 0.6) is 0 Å². The smallest absolute Gasteiger partial charge is 0.548 e. The number of hydrogen-bond acceptors (Lipinski definition) is 6. The van der Waals surface area contributed by atoms with Crippen LogP contribution < -0.4 is 20.8 Å². The minimum absolute atomic E-state index is 0. The standard InChI is InChI=1S/2C9H8ClNO3.Fe/c2*10-7-3-1-6(2-4-7)9(14)11-5-8(12)13;/h2*1-4H,5H2,(H,11,14)(H,12,13);/q;;+2/p-2. The van der Waals surface area contributed by atoms with Crippen LogP contribution in [0.25, 0.3) is 0 Å². The molecule has 0 radical (unpaired) electrons. The normalized spacial score (nSPS) is 9.17. The second kappa shape index (κ2) is 13.6. The summed E-state index contributed by atoms with van der Waals surface area (Å²) in [6.07, 6.45) is 0. The summed E-state index contributed by atoms with van der Waals surface area (Å²) in [5, 5.41) is 25.5. The number of carboxylic acid groups (broad SMARTS) is 2. The van der Waals surface area contributed by atoms with Crippen LogP contribution in [0.3, 0.4) is 0 Å². The molecule has 8 nitrogen and oxygen atoms in total. The van der Waals surface area contributed by atoms with Crippen molar-refractivity contribution in [3.8, 4) is 0 Å². The van der Waals surface area contributed by atoms with Gasteiger partial charge in [-0.2, -0.15) is 0 Å². The minimum atomic E-state index is -1.33. The molecule has 2 rings (SSSR count). The van der Waals surface area contributed by atoms with Crippen LogP contribution >= 0.6 is 23.2 Å². The number of hydrogen-bond donors (Lipinski definition) is 2. The van der Waals surface area contributed by atoms with Gasteiger partial charge >= 0.3 is 17.1 Å². The largest absolute Gasteiger partial charge is 2.00 e. The van der Waals surface area contributed by atoms with Crippen LogP contribution in [0.2, 0.25) is 10.0 Å². The van der Waals surface area contributed by atoms with Gasteiger partial charge < -0.3 is 30.4 Å². The molecule has 154 valence electrons. The molecule has 11 heteroatoms. The zero-order valence-electron chi connectivity index (χ0n) is 14.6. The van der Waals surface area contributed by atoms with Gasteiger partial charge in [0.25, 0.3) is 11.8 Å². The number of nitrogens with one attached hydrogen (secondary N) is 2. The summed E-state index contributed by atoms with van der Waals surface area (Å²) in [4.78, 5) is 42.5. The number of benzene rings is 2. The van der Waals surface area contributed by atoms with Crippen molar-refractivity contribution in [2.45, 2.75) is 0 Å². The summed E-state index contributed by atoms with van der Waals surface area (Å²) in [7, 11) is 0. The molecule has 0 aliphatic heterocycles. The summed E-state index contributed by atoms with van der Waals surface area (Å²) in [5.74, 6) is -3.59. The Morgan fingerprint density at radius 1 is 0.655 bits per heavy atom. The predicted octanol–water partition coefficient (Wildman–Crippen LogP) is -0.363. The van der Waals surface area contributed by atoms with E-state index in [1.54, 1.807) is 24.3 Å². The molecular formula is C18H14Cl2FeN2O6. The Hall–Kier alpha value is -2.58. The number of rotatable bonds is 6. The van der Waals surface area contributed by atoms with Gasteiger partial charge in [-0.1, -0.05) is 23.2 Å². The maximum Gasteiger partial charge on any atom is 2.00 e. The van der Waals surface area contributed by atoms with E-state index in [1.807, 2.05) is 0 Å². The molecule has 0 heterocycles. The third kappa shape index (κ3) is 11.1. The van der Waals surface area contributed by atoms with E-state index in [-0.39, 0.29) is 17.1 Å². The summed E-state index contributed by atoms with van der Waals surface area (Å²) in [6, 6.07) is 12.2. The van der Waals surface area contributed by atoms with E-state index >= 15 is 0 Å². The van der Waals surface area contributed by atoms with Gasteiger partial charge in [0.1, 0.15) is 0 Å². The molecular weight excluding hydrogens is 467 g/mol. The fourth-order valence-corrected chi connectivity index (χ4v) is 1.96. The van der Waals surface area contributed by atoms with Gasteiger partial charge in [-0.15, -0.1) is 0 Å². The van der Waals surface area contributed by atoms with Gasteiger partial charge in [0, 0.05) is 21.2 Å². The van der Waals surface area contributed by atoms with Gasteiger partial charge in [-0.05, 0) is 48.5 Å². The Balaban J connectivity index is 0.000000523. The molecule has 0 fully saturated rings. The zero-order chi connectivity index (χ0) is 21.1. The molecule has 0 unspecified atom stereocenters. The molecule has 0 spiro atoms. The molecule has 2 aromatic carbocycles. The first-order valence-electron chi connectivity index (χ1n) is 7.66. The van der Waals surface area contributed by atoms with Crippen molar-refractivity contribution >= 4 is 47.0 Å². The van der Waals surface area contributed by atoms with E-state index in [2.05, 4.69) is 10.6 Å². The second-order valence-electron chi connectivity index (χ2n) is 5.12. The Morgan fingerprint density at radius 3 is 1.17 bits per heavy atom. The van der Waals surface area contributed by atoms with Crippen molar-refractivity contribution in [3.63, 3.8) is 0 Å². The quantitative estimate of drug-likeness (QED) is 0.541. The molecule has 0 saturated heterocycles. The van der Waals surface area contributed by atoms with Crippen LogP contribution in [0.15, 0.2) is 48.5 Å². The minimum Gasteiger partial charge on any atom is -0.548 e. The van der Waals surface area contributed by atoms with Crippen LogP contribution in [0.1, 0.15) is 20.7 Å². The molecule has 0 bridgehead atoms. The number of amides is 2. The SMILES string of the molecule is O=C([O-])CNC(=O)c1ccc(Cl)cc1.O=C([O-])CNC(=O)c1ccc(Cl)cc1.[Fe+2]. The Bertz CT molecular complexity index is 773. The summed E-state index contributed by atoms with van der Waals surface area (Å²) >= 11 is 11.2. The fraction of sp³-hybridized carbons (Fsp3) is 0.111. The maximum atomic E-state index is 11.2. The monoisotopic (exact) mass is 480 g/mol. The molecule has 0 aliphatic carbocycles. The van der Waals surface area contributed by atoms with E-state index in [0.29, 0.717) is 21.2 Å². The predicted molar refractivity (Wildman–Crippen MR) is 97.6 cm³/mol. The van der Waals surface area contributed by atoms with Crippen molar-refractivity contribution in [2.24, 2.45) is 0 Å². The van der Waals surface area contributed by atoms with Crippen molar-refractivity contribution in [3.05, 3.63) is 69.7 Å². The molecule has 0 atom stereocenters. The van der Waals surface area contributed by atoms with Gasteiger partial charge in [-0.25, -0.2) is 0 Å². The maximum absolute atomic E-state index is 11.2. The molecule has 0 aromatic heterocycles. The van der Waals surface area contributed by atoms with Crippen molar-refractivity contribution in [2.75, 3.05) is 13.1 Å². The van der Waals surface area contributed by atoms with E-state index < -0.39 is 36.8 Å². The van der Waals surface area contributed by atoms with Crippen LogP contribution in [0.4, 0.5) is 0 Å². The van der Waals surface area contributed by atoms with E-state index in [4.69, 9.17) is 23.2 Å². The van der Waals surface area contributed by atoms with Crippen molar-refractivity contribution < 1.29 is 46.5 Å². The number of aliphatic carboxylic acids is 2. The average molecular weight is 481 g/mol. The Morgan fingerprint density at radius 2 is 0.931 bits per heavy atom. The number of halogens is 2. The summed E-state index contributed by atoms with van der Waals surface area (Å²) in [5.41, 5.74) is 0.714. The van der Waals surface area contributed by atoms with E-state index in [0.717, 1.165) is 0 Å². The van der Waals surface area contributed by atoms with Crippen LogP contribution in [0, 0.1) is 0 Å². The van der Waals surface area contributed by atoms with Crippen LogP contribution in [-0.2, 0) is 26.7 Å². The fourth-order valence-electron chi connectivity index (χ4n) is 1.71. The first-order chi connectivity index (χ1) is 13.2. The third-order valence-corrected chi connectivity index (χ3v) is 3.50. The molecule has 2 aromatic rings. The number of carboxylic acids is 2. The molecule has 0 aliphatic rings. The van der Waals surface area contributed by atoms with Gasteiger partial charge in [0.15, 0.2) is 0 Å². The number of carbonyl (C=O) groups excluding carboxylic acids is 4. The van der Waals surface area contributed by atoms with E-state index in [9.17, 15) is 29.4 Å². The second-order valence-corrected chi connectivity index (χ2v) is 6.00. The average Bonchev–Trinajstić information content (AvgIpc) is 2.65. The Labute approximate surface area is 186 Å². The Kier molecular flexibility index (Phi) is 12.4. The van der Waals surface area contributed by atoms with Crippen molar-refractivity contribution in [1.82, 2.24) is 10.6 Å². The first-order valence-corrected chi connectivity index (χ1v) is 8.42. The summed E-state index contributed by atoms with van der Waals surface area (Å²) < 4.78 is 0. The van der Waals surface area contributed by atoms with Gasteiger partial charge in [-0.3, -0.25) is 9.59 Å². The third-order valence-electron chi connectivity index (χ3n) is 3.00.